The average molecular weight is 279 g/mol. The molecule has 2 aromatic rings. The van der Waals surface area contributed by atoms with E-state index in [2.05, 4.69) is 0 Å². The van der Waals surface area contributed by atoms with E-state index < -0.39 is 31.1 Å². The number of aromatic hydroxyl groups is 1. The third-order valence-electron chi connectivity index (χ3n) is 2.50. The molecule has 6 nitrogen and oxygen atoms in total. The van der Waals surface area contributed by atoms with Gasteiger partial charge in [0, 0.05) is 0 Å². The van der Waals surface area contributed by atoms with Crippen molar-refractivity contribution in [2.24, 2.45) is 0 Å². The standard InChI is InChI=1S/C12H9NO5S/c14-10-7-4-8-11(12(10)13(15)16)19(17,18)9-5-2-1-3-6-9/h1-8,14H. The summed E-state index contributed by atoms with van der Waals surface area (Å²) in [4.78, 5) is 9.40. The van der Waals surface area contributed by atoms with E-state index in [9.17, 15) is 23.6 Å². The maximum atomic E-state index is 12.3. The van der Waals surface area contributed by atoms with Gasteiger partial charge in [-0.15, -0.1) is 0 Å². The van der Waals surface area contributed by atoms with Crippen LogP contribution < -0.4 is 0 Å². The Morgan fingerprint density at radius 3 is 2.21 bits per heavy atom. The second-order valence-corrected chi connectivity index (χ2v) is 5.62. The fourth-order valence-electron chi connectivity index (χ4n) is 1.64. The Balaban J connectivity index is 2.73. The molecule has 1 N–H and O–H groups in total. The summed E-state index contributed by atoms with van der Waals surface area (Å²) >= 11 is 0. The molecule has 7 heteroatoms. The molecule has 0 aliphatic heterocycles. The Morgan fingerprint density at radius 1 is 1.00 bits per heavy atom. The van der Waals surface area contributed by atoms with Crippen LogP contribution in [-0.4, -0.2) is 18.4 Å². The Labute approximate surface area is 109 Å². The Kier molecular flexibility index (Phi) is 3.22. The molecule has 2 aromatic carbocycles. The number of para-hydroxylation sites is 1. The first-order valence-electron chi connectivity index (χ1n) is 5.21. The van der Waals surface area contributed by atoms with Crippen molar-refractivity contribution in [3.05, 3.63) is 58.6 Å². The van der Waals surface area contributed by atoms with E-state index in [0.717, 1.165) is 12.1 Å². The summed E-state index contributed by atoms with van der Waals surface area (Å²) in [6.45, 7) is 0. The van der Waals surface area contributed by atoms with Crippen LogP contribution in [-0.2, 0) is 9.84 Å². The molecule has 98 valence electrons. The topological polar surface area (TPSA) is 97.5 Å². The summed E-state index contributed by atoms with van der Waals surface area (Å²) in [7, 11) is -4.04. The minimum atomic E-state index is -4.04. The third kappa shape index (κ3) is 2.27. The SMILES string of the molecule is O=[N+]([O-])c1c(O)cccc1S(=O)(=O)c1ccccc1. The Hall–Kier alpha value is -2.41. The zero-order chi connectivity index (χ0) is 14.0. The fraction of sp³-hybridized carbons (Fsp3) is 0. The number of nitro groups is 1. The van der Waals surface area contributed by atoms with Crippen molar-refractivity contribution in [2.75, 3.05) is 0 Å². The Morgan fingerprint density at radius 2 is 1.63 bits per heavy atom. The van der Waals surface area contributed by atoms with E-state index in [0.29, 0.717) is 0 Å². The van der Waals surface area contributed by atoms with Crippen LogP contribution in [0.5, 0.6) is 5.75 Å². The normalized spacial score (nSPS) is 11.2. The number of hydrogen-bond acceptors (Lipinski definition) is 5. The summed E-state index contributed by atoms with van der Waals surface area (Å²) in [6.07, 6.45) is 0. The zero-order valence-electron chi connectivity index (χ0n) is 9.55. The van der Waals surface area contributed by atoms with Crippen LogP contribution in [0.15, 0.2) is 58.3 Å². The van der Waals surface area contributed by atoms with Gasteiger partial charge in [-0.1, -0.05) is 24.3 Å². The van der Waals surface area contributed by atoms with E-state index in [1.54, 1.807) is 6.07 Å². The highest BCUT2D eigenvalue weighted by Gasteiger charge is 2.30. The van der Waals surface area contributed by atoms with Crippen molar-refractivity contribution in [3.63, 3.8) is 0 Å². The van der Waals surface area contributed by atoms with Gasteiger partial charge in [0.2, 0.25) is 9.84 Å². The first-order chi connectivity index (χ1) is 8.94. The summed E-state index contributed by atoms with van der Waals surface area (Å²) in [5, 5.41) is 20.4. The third-order valence-corrected chi connectivity index (χ3v) is 4.30. The molecule has 0 aromatic heterocycles. The van der Waals surface area contributed by atoms with Crippen molar-refractivity contribution in [1.29, 1.82) is 0 Å². The van der Waals surface area contributed by atoms with Crippen LogP contribution in [0.2, 0.25) is 0 Å². The number of sulfone groups is 1. The predicted octanol–water partition coefficient (Wildman–Crippen LogP) is 2.13. The second-order valence-electron chi connectivity index (χ2n) is 3.70. The van der Waals surface area contributed by atoms with Crippen LogP contribution in [0.3, 0.4) is 0 Å². The van der Waals surface area contributed by atoms with Crippen molar-refractivity contribution in [2.45, 2.75) is 9.79 Å². The number of benzene rings is 2. The predicted molar refractivity (Wildman–Crippen MR) is 66.7 cm³/mol. The van der Waals surface area contributed by atoms with Crippen molar-refractivity contribution in [3.8, 4) is 5.75 Å². The highest BCUT2D eigenvalue weighted by atomic mass is 32.2. The van der Waals surface area contributed by atoms with Gasteiger partial charge in [-0.25, -0.2) is 8.42 Å². The lowest BCUT2D eigenvalue weighted by molar-refractivity contribution is -0.388. The van der Waals surface area contributed by atoms with Crippen molar-refractivity contribution in [1.82, 2.24) is 0 Å². The second kappa shape index (κ2) is 4.69. The van der Waals surface area contributed by atoms with Crippen LogP contribution in [0.4, 0.5) is 5.69 Å². The molecule has 0 aliphatic carbocycles. The van der Waals surface area contributed by atoms with Gasteiger partial charge in [-0.2, -0.15) is 0 Å². The van der Waals surface area contributed by atoms with Crippen LogP contribution in [0.1, 0.15) is 0 Å². The summed E-state index contributed by atoms with van der Waals surface area (Å²) in [6, 6.07) is 10.8. The smallest absolute Gasteiger partial charge is 0.329 e. The van der Waals surface area contributed by atoms with Gasteiger partial charge >= 0.3 is 5.69 Å². The monoisotopic (exact) mass is 279 g/mol. The van der Waals surface area contributed by atoms with Gasteiger partial charge < -0.3 is 5.11 Å². The van der Waals surface area contributed by atoms with Gasteiger partial charge in [0.05, 0.1) is 9.82 Å². The zero-order valence-corrected chi connectivity index (χ0v) is 10.4. The van der Waals surface area contributed by atoms with E-state index in [1.807, 2.05) is 0 Å². The number of phenolic OH excluding ortho intramolecular Hbond substituents is 1. The molecule has 0 saturated carbocycles. The van der Waals surface area contributed by atoms with E-state index in [4.69, 9.17) is 0 Å². The summed E-state index contributed by atoms with van der Waals surface area (Å²) in [5.41, 5.74) is -0.814. The van der Waals surface area contributed by atoms with Gasteiger partial charge in [-0.3, -0.25) is 10.1 Å². The molecule has 0 radical (unpaired) electrons. The molecule has 19 heavy (non-hydrogen) atoms. The highest BCUT2D eigenvalue weighted by molar-refractivity contribution is 7.91. The maximum Gasteiger partial charge on any atom is 0.329 e. The van der Waals surface area contributed by atoms with Crippen LogP contribution >= 0.6 is 0 Å². The molecule has 2 rings (SSSR count). The molecule has 0 amide bonds. The molecular weight excluding hydrogens is 270 g/mol. The van der Waals surface area contributed by atoms with Crippen LogP contribution in [0, 0.1) is 10.1 Å². The first-order valence-corrected chi connectivity index (χ1v) is 6.69. The number of phenols is 1. The highest BCUT2D eigenvalue weighted by Crippen LogP contribution is 2.35. The average Bonchev–Trinajstić information content (AvgIpc) is 2.39. The molecule has 0 spiro atoms. The minimum Gasteiger partial charge on any atom is -0.502 e. The fourth-order valence-corrected chi connectivity index (χ4v) is 3.10. The molecule has 0 aliphatic rings. The molecule has 0 atom stereocenters. The lowest BCUT2D eigenvalue weighted by Gasteiger charge is -2.06. The largest absolute Gasteiger partial charge is 0.502 e. The van der Waals surface area contributed by atoms with Crippen molar-refractivity contribution < 1.29 is 18.4 Å². The van der Waals surface area contributed by atoms with E-state index in [-0.39, 0.29) is 4.90 Å². The lowest BCUT2D eigenvalue weighted by Crippen LogP contribution is -2.05. The first kappa shape index (κ1) is 13.0. The van der Waals surface area contributed by atoms with Gasteiger partial charge in [0.25, 0.3) is 0 Å². The molecule has 0 saturated heterocycles. The number of nitro benzene ring substituents is 1. The molecule has 0 bridgehead atoms. The van der Waals surface area contributed by atoms with Gasteiger partial charge in [-0.05, 0) is 24.3 Å². The van der Waals surface area contributed by atoms with Gasteiger partial charge in [0.15, 0.2) is 10.6 Å². The lowest BCUT2D eigenvalue weighted by atomic mass is 10.3. The molecule has 0 heterocycles. The molecule has 0 unspecified atom stereocenters. The minimum absolute atomic E-state index is 0.0660. The van der Waals surface area contributed by atoms with E-state index in [1.165, 1.54) is 30.3 Å². The molecule has 0 fully saturated rings. The summed E-state index contributed by atoms with van der Waals surface area (Å²) < 4.78 is 24.6. The summed E-state index contributed by atoms with van der Waals surface area (Å²) in [5.74, 6) is -0.679. The van der Waals surface area contributed by atoms with Crippen molar-refractivity contribution >= 4 is 15.5 Å². The van der Waals surface area contributed by atoms with Crippen LogP contribution in [0.25, 0.3) is 0 Å². The number of hydrogen-bond donors (Lipinski definition) is 1. The quantitative estimate of drug-likeness (QED) is 0.685. The molecular formula is C12H9NO5S. The maximum absolute atomic E-state index is 12.3. The number of rotatable bonds is 3. The number of nitrogens with zero attached hydrogens (tertiary/aromatic N) is 1. The van der Waals surface area contributed by atoms with Gasteiger partial charge in [0.1, 0.15) is 0 Å². The Bertz CT molecular complexity index is 725. The van der Waals surface area contributed by atoms with E-state index >= 15 is 0 Å².